The van der Waals surface area contributed by atoms with Crippen molar-refractivity contribution in [3.63, 3.8) is 0 Å². The lowest BCUT2D eigenvalue weighted by Gasteiger charge is -2.27. The number of aliphatic hydroxyl groups is 3. The topological polar surface area (TPSA) is 93.0 Å². The number of nitrogens with one attached hydrogen (secondary N) is 1. The number of aliphatic hydroxyl groups excluding tert-OH is 3. The minimum Gasteiger partial charge on any atom is -0.394 e. The summed E-state index contributed by atoms with van der Waals surface area (Å²) in [5, 5.41) is 29.7. The molecule has 6 nitrogen and oxygen atoms in total. The first-order chi connectivity index (χ1) is 7.97. The third-order valence-corrected chi connectivity index (χ3v) is 3.28. The van der Waals surface area contributed by atoms with Crippen LogP contribution in [0.25, 0.3) is 0 Å². The molecule has 6 heteroatoms. The maximum absolute atomic E-state index is 11.8. The molecule has 1 fully saturated rings. The Bertz CT molecular complexity index is 252. The fraction of sp³-hybridized carbons (Fsp3) is 0.909. The number of nitrogens with zero attached hydrogens (tertiary/aromatic N) is 1. The number of urea groups is 1. The Balaban J connectivity index is 2.39. The first-order valence-electron chi connectivity index (χ1n) is 6.00. The van der Waals surface area contributed by atoms with E-state index in [-0.39, 0.29) is 24.7 Å². The predicted octanol–water partition coefficient (Wildman–Crippen LogP) is -0.717. The number of amides is 2. The van der Waals surface area contributed by atoms with Crippen LogP contribution >= 0.6 is 0 Å². The van der Waals surface area contributed by atoms with Crippen LogP contribution in [0.5, 0.6) is 0 Å². The number of hydrogen-bond donors (Lipinski definition) is 4. The smallest absolute Gasteiger partial charge is 0.317 e. The number of rotatable bonds is 4. The molecule has 1 heterocycles. The van der Waals surface area contributed by atoms with E-state index in [4.69, 9.17) is 10.2 Å². The molecule has 1 aliphatic heterocycles. The number of likely N-dealkylation sites (tertiary alicyclic amines) is 1. The Morgan fingerprint density at radius 3 is 2.29 bits per heavy atom. The molecular weight excluding hydrogens is 224 g/mol. The fourth-order valence-electron chi connectivity index (χ4n) is 2.14. The van der Waals surface area contributed by atoms with Gasteiger partial charge in [-0.2, -0.15) is 0 Å². The van der Waals surface area contributed by atoms with Crippen LogP contribution in [0.1, 0.15) is 26.7 Å². The van der Waals surface area contributed by atoms with Crippen LogP contribution in [0, 0.1) is 0 Å². The Morgan fingerprint density at radius 1 is 1.29 bits per heavy atom. The zero-order valence-electron chi connectivity index (χ0n) is 10.3. The average molecular weight is 246 g/mol. The average Bonchev–Trinajstić information content (AvgIpc) is 2.64. The minimum atomic E-state index is -1.22. The van der Waals surface area contributed by atoms with E-state index in [0.717, 1.165) is 12.8 Å². The molecule has 100 valence electrons. The molecule has 0 aromatic rings. The fourth-order valence-corrected chi connectivity index (χ4v) is 2.14. The van der Waals surface area contributed by atoms with Crippen molar-refractivity contribution >= 4 is 6.03 Å². The minimum absolute atomic E-state index is 0.0590. The molecule has 0 unspecified atom stereocenters. The molecular formula is C11H22N2O4. The molecule has 17 heavy (non-hydrogen) atoms. The van der Waals surface area contributed by atoms with Gasteiger partial charge in [0.15, 0.2) is 0 Å². The number of hydrogen-bond acceptors (Lipinski definition) is 4. The SMILES string of the molecule is C[C@@H]1CC[C@@H](C)N1C(=O)NC[C@@H](O)[C@@H](O)CO. The highest BCUT2D eigenvalue weighted by molar-refractivity contribution is 5.75. The summed E-state index contributed by atoms with van der Waals surface area (Å²) in [6, 6.07) is 0.168. The zero-order chi connectivity index (χ0) is 13.0. The van der Waals surface area contributed by atoms with Crippen molar-refractivity contribution in [3.05, 3.63) is 0 Å². The molecule has 1 saturated heterocycles. The zero-order valence-corrected chi connectivity index (χ0v) is 10.3. The molecule has 0 radical (unpaired) electrons. The van der Waals surface area contributed by atoms with E-state index in [1.807, 2.05) is 13.8 Å². The molecule has 0 bridgehead atoms. The van der Waals surface area contributed by atoms with Gasteiger partial charge in [0.05, 0.1) is 12.7 Å². The highest BCUT2D eigenvalue weighted by Crippen LogP contribution is 2.23. The van der Waals surface area contributed by atoms with Gasteiger partial charge in [-0.15, -0.1) is 0 Å². The summed E-state index contributed by atoms with van der Waals surface area (Å²) in [4.78, 5) is 13.6. The van der Waals surface area contributed by atoms with Crippen molar-refractivity contribution in [1.29, 1.82) is 0 Å². The first-order valence-corrected chi connectivity index (χ1v) is 6.00. The van der Waals surface area contributed by atoms with Crippen LogP contribution in [-0.2, 0) is 0 Å². The van der Waals surface area contributed by atoms with Gasteiger partial charge < -0.3 is 25.5 Å². The molecule has 4 N–H and O–H groups in total. The Morgan fingerprint density at radius 2 is 1.82 bits per heavy atom. The summed E-state index contributed by atoms with van der Waals surface area (Å²) in [6.07, 6.45) is -0.395. The van der Waals surface area contributed by atoms with E-state index in [0.29, 0.717) is 0 Å². The standard InChI is InChI=1S/C11H22N2O4/c1-7-3-4-8(2)13(7)11(17)12-5-9(15)10(16)6-14/h7-10,14-16H,3-6H2,1-2H3,(H,12,17)/t7-,8-,9-,10+/m1/s1. The predicted molar refractivity (Wildman–Crippen MR) is 62.5 cm³/mol. The van der Waals surface area contributed by atoms with Crippen molar-refractivity contribution in [2.45, 2.75) is 51.0 Å². The first kappa shape index (κ1) is 14.2. The van der Waals surface area contributed by atoms with Gasteiger partial charge in [0.1, 0.15) is 6.10 Å². The van der Waals surface area contributed by atoms with Crippen molar-refractivity contribution in [2.24, 2.45) is 0 Å². The molecule has 1 aliphatic rings. The summed E-state index contributed by atoms with van der Waals surface area (Å²) in [5.41, 5.74) is 0. The molecule has 0 spiro atoms. The number of carbonyl (C=O) groups excluding carboxylic acids is 1. The van der Waals surface area contributed by atoms with Gasteiger partial charge in [-0.3, -0.25) is 0 Å². The molecule has 0 saturated carbocycles. The van der Waals surface area contributed by atoms with Gasteiger partial charge in [-0.1, -0.05) is 0 Å². The summed E-state index contributed by atoms with van der Waals surface area (Å²) >= 11 is 0. The second-order valence-electron chi connectivity index (χ2n) is 4.69. The normalized spacial score (nSPS) is 27.9. The van der Waals surface area contributed by atoms with Gasteiger partial charge in [0, 0.05) is 18.6 Å². The quantitative estimate of drug-likeness (QED) is 0.527. The highest BCUT2D eigenvalue weighted by atomic mass is 16.4. The molecule has 0 aromatic carbocycles. The molecule has 1 rings (SSSR count). The lowest BCUT2D eigenvalue weighted by molar-refractivity contribution is -0.0122. The summed E-state index contributed by atoms with van der Waals surface area (Å²) in [6.45, 7) is 3.40. The van der Waals surface area contributed by atoms with Gasteiger partial charge in [0.2, 0.25) is 0 Å². The van der Waals surface area contributed by atoms with Crippen molar-refractivity contribution in [2.75, 3.05) is 13.2 Å². The van der Waals surface area contributed by atoms with Gasteiger partial charge in [-0.25, -0.2) is 4.79 Å². The van der Waals surface area contributed by atoms with E-state index < -0.39 is 18.8 Å². The molecule has 2 amide bonds. The Hall–Kier alpha value is -0.850. The van der Waals surface area contributed by atoms with Crippen molar-refractivity contribution in [3.8, 4) is 0 Å². The summed E-state index contributed by atoms with van der Waals surface area (Å²) < 4.78 is 0. The third-order valence-electron chi connectivity index (χ3n) is 3.28. The van der Waals surface area contributed by atoms with E-state index in [1.54, 1.807) is 4.90 Å². The largest absolute Gasteiger partial charge is 0.394 e. The maximum Gasteiger partial charge on any atom is 0.317 e. The summed E-state index contributed by atoms with van der Waals surface area (Å²) in [7, 11) is 0. The van der Waals surface area contributed by atoms with Crippen LogP contribution < -0.4 is 5.32 Å². The number of carbonyl (C=O) groups is 1. The lowest BCUT2D eigenvalue weighted by Crippen LogP contribution is -2.49. The van der Waals surface area contributed by atoms with Gasteiger partial charge >= 0.3 is 6.03 Å². The molecule has 4 atom stereocenters. The third kappa shape index (κ3) is 3.55. The highest BCUT2D eigenvalue weighted by Gasteiger charge is 2.31. The van der Waals surface area contributed by atoms with Crippen LogP contribution in [0.3, 0.4) is 0 Å². The Labute approximate surface area is 101 Å². The van der Waals surface area contributed by atoms with E-state index in [2.05, 4.69) is 5.32 Å². The van der Waals surface area contributed by atoms with Crippen LogP contribution in [-0.4, -0.2) is 63.7 Å². The van der Waals surface area contributed by atoms with Gasteiger partial charge in [-0.05, 0) is 26.7 Å². The Kier molecular flexibility index (Phi) is 5.17. The van der Waals surface area contributed by atoms with Crippen molar-refractivity contribution in [1.82, 2.24) is 10.2 Å². The second-order valence-corrected chi connectivity index (χ2v) is 4.69. The molecule has 0 aromatic heterocycles. The van der Waals surface area contributed by atoms with E-state index in [1.165, 1.54) is 0 Å². The maximum atomic E-state index is 11.8. The van der Waals surface area contributed by atoms with E-state index in [9.17, 15) is 9.90 Å². The lowest BCUT2D eigenvalue weighted by atomic mass is 10.2. The monoisotopic (exact) mass is 246 g/mol. The summed E-state index contributed by atoms with van der Waals surface area (Å²) in [5.74, 6) is 0. The van der Waals surface area contributed by atoms with Crippen LogP contribution in [0.2, 0.25) is 0 Å². The van der Waals surface area contributed by atoms with Gasteiger partial charge in [0.25, 0.3) is 0 Å². The second kappa shape index (κ2) is 6.18. The van der Waals surface area contributed by atoms with Crippen molar-refractivity contribution < 1.29 is 20.1 Å². The van der Waals surface area contributed by atoms with Crippen LogP contribution in [0.15, 0.2) is 0 Å². The molecule has 0 aliphatic carbocycles. The van der Waals surface area contributed by atoms with Crippen LogP contribution in [0.4, 0.5) is 4.79 Å². The van der Waals surface area contributed by atoms with E-state index >= 15 is 0 Å².